The molecule has 0 amide bonds. The minimum absolute atomic E-state index is 0.483. The van der Waals surface area contributed by atoms with Gasteiger partial charge in [0, 0.05) is 17.9 Å². The van der Waals surface area contributed by atoms with Gasteiger partial charge in [0.2, 0.25) is 11.7 Å². The standard InChI is InChI=1S/C14H11ClN2O/c15-9-8-13-16-14(17-18-13)12-7-3-5-10-4-1-2-6-11(10)12/h1-7H,8-9H2. The van der Waals surface area contributed by atoms with Crippen LogP contribution in [0.2, 0.25) is 0 Å². The Morgan fingerprint density at radius 1 is 1.06 bits per heavy atom. The molecule has 0 spiro atoms. The number of hydrogen-bond acceptors (Lipinski definition) is 3. The average Bonchev–Trinajstić information content (AvgIpc) is 2.87. The molecule has 0 aliphatic rings. The lowest BCUT2D eigenvalue weighted by Crippen LogP contribution is -1.87. The third-order valence-electron chi connectivity index (χ3n) is 2.81. The molecule has 0 radical (unpaired) electrons. The van der Waals surface area contributed by atoms with E-state index in [4.69, 9.17) is 16.1 Å². The van der Waals surface area contributed by atoms with Gasteiger partial charge in [-0.3, -0.25) is 0 Å². The Morgan fingerprint density at radius 2 is 1.89 bits per heavy atom. The van der Waals surface area contributed by atoms with Crippen molar-refractivity contribution in [2.75, 3.05) is 5.88 Å². The van der Waals surface area contributed by atoms with Crippen molar-refractivity contribution in [2.45, 2.75) is 6.42 Å². The molecule has 1 heterocycles. The molecule has 1 aromatic heterocycles. The minimum Gasteiger partial charge on any atom is -0.339 e. The Balaban J connectivity index is 2.12. The van der Waals surface area contributed by atoms with Crippen LogP contribution in [0, 0.1) is 0 Å². The van der Waals surface area contributed by atoms with Gasteiger partial charge in [-0.1, -0.05) is 47.6 Å². The zero-order valence-electron chi connectivity index (χ0n) is 9.64. The van der Waals surface area contributed by atoms with E-state index in [0.29, 0.717) is 24.0 Å². The Hall–Kier alpha value is -1.87. The highest BCUT2D eigenvalue weighted by atomic mass is 35.5. The lowest BCUT2D eigenvalue weighted by atomic mass is 10.0. The zero-order chi connectivity index (χ0) is 12.4. The Kier molecular flexibility index (Phi) is 2.99. The van der Waals surface area contributed by atoms with Crippen molar-refractivity contribution in [2.24, 2.45) is 0 Å². The number of rotatable bonds is 3. The van der Waals surface area contributed by atoms with E-state index in [1.807, 2.05) is 24.3 Å². The monoisotopic (exact) mass is 258 g/mol. The first kappa shape index (κ1) is 11.2. The smallest absolute Gasteiger partial charge is 0.228 e. The normalized spacial score (nSPS) is 10.9. The van der Waals surface area contributed by atoms with Crippen LogP contribution in [0.3, 0.4) is 0 Å². The fraction of sp³-hybridized carbons (Fsp3) is 0.143. The molecule has 0 fully saturated rings. The van der Waals surface area contributed by atoms with Crippen LogP contribution < -0.4 is 0 Å². The van der Waals surface area contributed by atoms with Gasteiger partial charge in [0.15, 0.2) is 0 Å². The van der Waals surface area contributed by atoms with Gasteiger partial charge in [-0.25, -0.2) is 0 Å². The van der Waals surface area contributed by atoms with Gasteiger partial charge in [0.05, 0.1) is 0 Å². The van der Waals surface area contributed by atoms with Crippen LogP contribution in [-0.4, -0.2) is 16.0 Å². The first-order valence-corrected chi connectivity index (χ1v) is 6.28. The molecule has 3 aromatic rings. The van der Waals surface area contributed by atoms with E-state index in [2.05, 4.69) is 28.3 Å². The molecule has 18 heavy (non-hydrogen) atoms. The summed E-state index contributed by atoms with van der Waals surface area (Å²) in [6.07, 6.45) is 0.597. The minimum atomic E-state index is 0.483. The Labute approximate surface area is 109 Å². The molecule has 0 aliphatic heterocycles. The second kappa shape index (κ2) is 4.78. The van der Waals surface area contributed by atoms with E-state index in [9.17, 15) is 0 Å². The number of alkyl halides is 1. The highest BCUT2D eigenvalue weighted by molar-refractivity contribution is 6.17. The highest BCUT2D eigenvalue weighted by Gasteiger charge is 2.10. The first-order valence-electron chi connectivity index (χ1n) is 5.75. The van der Waals surface area contributed by atoms with Gasteiger partial charge in [0.1, 0.15) is 0 Å². The molecule has 2 aromatic carbocycles. The number of hydrogen-bond donors (Lipinski definition) is 0. The molecule has 3 nitrogen and oxygen atoms in total. The molecule has 0 aliphatic carbocycles. The van der Waals surface area contributed by atoms with E-state index in [1.54, 1.807) is 0 Å². The molecule has 0 atom stereocenters. The summed E-state index contributed by atoms with van der Waals surface area (Å²) >= 11 is 5.66. The third kappa shape index (κ3) is 1.97. The molecule has 0 saturated carbocycles. The number of nitrogens with zero attached hydrogens (tertiary/aromatic N) is 2. The van der Waals surface area contributed by atoms with Crippen LogP contribution in [0.15, 0.2) is 47.0 Å². The van der Waals surface area contributed by atoms with Crippen molar-refractivity contribution >= 4 is 22.4 Å². The van der Waals surface area contributed by atoms with E-state index in [-0.39, 0.29) is 0 Å². The summed E-state index contributed by atoms with van der Waals surface area (Å²) in [5.74, 6) is 1.68. The van der Waals surface area contributed by atoms with Crippen LogP contribution in [0.5, 0.6) is 0 Å². The number of aryl methyl sites for hydroxylation is 1. The van der Waals surface area contributed by atoms with Crippen LogP contribution in [-0.2, 0) is 6.42 Å². The van der Waals surface area contributed by atoms with E-state index in [1.165, 1.54) is 5.39 Å². The summed E-state index contributed by atoms with van der Waals surface area (Å²) in [4.78, 5) is 4.36. The average molecular weight is 259 g/mol. The first-order chi connectivity index (χ1) is 8.88. The molecule has 4 heteroatoms. The van der Waals surface area contributed by atoms with Gasteiger partial charge in [0.25, 0.3) is 0 Å². The summed E-state index contributed by atoms with van der Waals surface area (Å²) in [5.41, 5.74) is 0.984. The van der Waals surface area contributed by atoms with Gasteiger partial charge in [-0.05, 0) is 10.8 Å². The summed E-state index contributed by atoms with van der Waals surface area (Å²) in [6.45, 7) is 0. The quantitative estimate of drug-likeness (QED) is 0.673. The van der Waals surface area contributed by atoms with Crippen molar-refractivity contribution < 1.29 is 4.52 Å². The largest absolute Gasteiger partial charge is 0.339 e. The van der Waals surface area contributed by atoms with Crippen LogP contribution in [0.1, 0.15) is 5.89 Å². The van der Waals surface area contributed by atoms with E-state index in [0.717, 1.165) is 10.9 Å². The molecule has 3 rings (SSSR count). The van der Waals surface area contributed by atoms with E-state index >= 15 is 0 Å². The number of halogens is 1. The van der Waals surface area contributed by atoms with Crippen molar-refractivity contribution in [3.05, 3.63) is 48.4 Å². The molecule has 0 unspecified atom stereocenters. The van der Waals surface area contributed by atoms with E-state index < -0.39 is 0 Å². The fourth-order valence-electron chi connectivity index (χ4n) is 1.97. The highest BCUT2D eigenvalue weighted by Crippen LogP contribution is 2.26. The lowest BCUT2D eigenvalue weighted by molar-refractivity contribution is 0.383. The summed E-state index contributed by atoms with van der Waals surface area (Å²) in [6, 6.07) is 14.2. The second-order valence-electron chi connectivity index (χ2n) is 3.98. The number of fused-ring (bicyclic) bond motifs is 1. The SMILES string of the molecule is ClCCc1nc(-c2cccc3ccccc23)no1. The van der Waals surface area contributed by atoms with Crippen molar-refractivity contribution in [3.8, 4) is 11.4 Å². The molecule has 0 N–H and O–H groups in total. The van der Waals surface area contributed by atoms with Gasteiger partial charge < -0.3 is 4.52 Å². The molecule has 90 valence electrons. The molecular weight excluding hydrogens is 248 g/mol. The maximum atomic E-state index is 5.66. The number of benzene rings is 2. The maximum absolute atomic E-state index is 5.66. The topological polar surface area (TPSA) is 38.9 Å². The van der Waals surface area contributed by atoms with Crippen molar-refractivity contribution in [1.82, 2.24) is 10.1 Å². The predicted octanol–water partition coefficient (Wildman–Crippen LogP) is 3.67. The lowest BCUT2D eigenvalue weighted by Gasteiger charge is -2.01. The zero-order valence-corrected chi connectivity index (χ0v) is 10.4. The van der Waals surface area contributed by atoms with Gasteiger partial charge in [-0.15, -0.1) is 11.6 Å². The van der Waals surface area contributed by atoms with Crippen LogP contribution >= 0.6 is 11.6 Å². The Bertz CT molecular complexity index is 673. The summed E-state index contributed by atoms with van der Waals surface area (Å²) in [5, 5.41) is 6.30. The van der Waals surface area contributed by atoms with Crippen molar-refractivity contribution in [1.29, 1.82) is 0 Å². The van der Waals surface area contributed by atoms with Gasteiger partial charge in [-0.2, -0.15) is 4.98 Å². The summed E-state index contributed by atoms with van der Waals surface area (Å²) in [7, 11) is 0. The van der Waals surface area contributed by atoms with Crippen molar-refractivity contribution in [3.63, 3.8) is 0 Å². The molecule has 0 saturated heterocycles. The maximum Gasteiger partial charge on any atom is 0.228 e. The third-order valence-corrected chi connectivity index (χ3v) is 3.00. The number of aromatic nitrogens is 2. The second-order valence-corrected chi connectivity index (χ2v) is 4.36. The summed E-state index contributed by atoms with van der Waals surface area (Å²) < 4.78 is 5.16. The van der Waals surface area contributed by atoms with Crippen LogP contribution in [0.25, 0.3) is 22.2 Å². The van der Waals surface area contributed by atoms with Gasteiger partial charge >= 0.3 is 0 Å². The molecular formula is C14H11ClN2O. The molecule has 0 bridgehead atoms. The fourth-order valence-corrected chi connectivity index (χ4v) is 2.13. The predicted molar refractivity (Wildman–Crippen MR) is 71.7 cm³/mol. The van der Waals surface area contributed by atoms with Crippen LogP contribution in [0.4, 0.5) is 0 Å². The Morgan fingerprint density at radius 3 is 2.78 bits per heavy atom.